The van der Waals surface area contributed by atoms with Crippen LogP contribution in [0.4, 0.5) is 0 Å². The highest BCUT2D eigenvalue weighted by atomic mass is 35.5. The number of rotatable bonds is 4. The summed E-state index contributed by atoms with van der Waals surface area (Å²) in [5, 5.41) is 0.745. The van der Waals surface area contributed by atoms with E-state index in [0.29, 0.717) is 0 Å². The summed E-state index contributed by atoms with van der Waals surface area (Å²) in [6, 6.07) is 47.5. The van der Waals surface area contributed by atoms with E-state index in [4.69, 9.17) is 16.3 Å². The molecule has 1 heterocycles. The Hall–Kier alpha value is -4.07. The van der Waals surface area contributed by atoms with Gasteiger partial charge in [-0.1, -0.05) is 138 Å². The van der Waals surface area contributed by atoms with Crippen molar-refractivity contribution in [2.24, 2.45) is 5.92 Å². The number of halogens is 1. The minimum absolute atomic E-state index is 0.0134. The molecule has 1 nitrogen and oxygen atoms in total. The van der Waals surface area contributed by atoms with E-state index < -0.39 is 5.41 Å². The highest BCUT2D eigenvalue weighted by Crippen LogP contribution is 2.67. The van der Waals surface area contributed by atoms with Crippen molar-refractivity contribution in [3.05, 3.63) is 177 Å². The lowest BCUT2D eigenvalue weighted by molar-refractivity contribution is 0.134. The number of hydrogen-bond donors (Lipinski definition) is 0. The summed E-state index contributed by atoms with van der Waals surface area (Å²) < 4.78 is 7.07. The van der Waals surface area contributed by atoms with Gasteiger partial charge in [-0.3, -0.25) is 0 Å². The Labute approximate surface area is 229 Å². The van der Waals surface area contributed by atoms with Crippen LogP contribution in [0.2, 0.25) is 5.02 Å². The van der Waals surface area contributed by atoms with Crippen molar-refractivity contribution in [2.75, 3.05) is 0 Å². The zero-order valence-electron chi connectivity index (χ0n) is 21.1. The molecular weight excluding hydrogens is 484 g/mol. The Balaban J connectivity index is 1.62. The molecular formula is C36H27ClO. The van der Waals surface area contributed by atoms with Crippen molar-refractivity contribution in [3.8, 4) is 0 Å². The lowest BCUT2D eigenvalue weighted by atomic mass is 9.62. The first-order valence-electron chi connectivity index (χ1n) is 13.1. The molecule has 2 atom stereocenters. The summed E-state index contributed by atoms with van der Waals surface area (Å²) in [5.41, 5.74) is 9.20. The van der Waals surface area contributed by atoms with Crippen LogP contribution in [0.5, 0.6) is 0 Å². The second-order valence-electron chi connectivity index (χ2n) is 10.3. The minimum atomic E-state index is -0.481. The molecule has 0 spiro atoms. The normalized spacial score (nSPS) is 19.1. The van der Waals surface area contributed by atoms with Gasteiger partial charge in [-0.2, -0.15) is 0 Å². The summed E-state index contributed by atoms with van der Waals surface area (Å²) in [4.78, 5) is 0. The molecule has 0 saturated heterocycles. The average Bonchev–Trinajstić information content (AvgIpc) is 3.49. The van der Waals surface area contributed by atoms with Gasteiger partial charge in [0.15, 0.2) is 0 Å². The van der Waals surface area contributed by atoms with Crippen LogP contribution in [0.1, 0.15) is 45.0 Å². The molecule has 0 radical (unpaired) electrons. The van der Waals surface area contributed by atoms with Gasteiger partial charge < -0.3 is 4.74 Å². The van der Waals surface area contributed by atoms with Crippen LogP contribution in [-0.4, -0.2) is 0 Å². The quantitative estimate of drug-likeness (QED) is 0.234. The molecule has 0 saturated carbocycles. The number of benzene rings is 5. The van der Waals surface area contributed by atoms with Gasteiger partial charge in [0.25, 0.3) is 0 Å². The van der Waals surface area contributed by atoms with E-state index in [9.17, 15) is 0 Å². The third-order valence-electron chi connectivity index (χ3n) is 8.17. The molecule has 0 bridgehead atoms. The maximum Gasteiger partial charge on any atom is 0.132 e. The molecule has 2 aliphatic rings. The maximum absolute atomic E-state index is 7.07. The van der Waals surface area contributed by atoms with Crippen LogP contribution in [0, 0.1) is 12.8 Å². The SMILES string of the molecule is Cc1ccc(C2=C3c4ccc(Cl)cc4C(c4ccccc4)(c4ccccc4)C3C(c3ccccc3)O2)cc1. The average molecular weight is 511 g/mol. The molecule has 7 rings (SSSR count). The number of fused-ring (bicyclic) bond motifs is 3. The fourth-order valence-electron chi connectivity index (χ4n) is 6.60. The van der Waals surface area contributed by atoms with Gasteiger partial charge in [0.1, 0.15) is 11.9 Å². The Morgan fingerprint density at radius 2 is 1.24 bits per heavy atom. The summed E-state index contributed by atoms with van der Waals surface area (Å²) in [6.45, 7) is 2.12. The van der Waals surface area contributed by atoms with Crippen LogP contribution in [0.15, 0.2) is 133 Å². The fourth-order valence-corrected chi connectivity index (χ4v) is 6.77. The van der Waals surface area contributed by atoms with Crippen molar-refractivity contribution < 1.29 is 4.74 Å². The van der Waals surface area contributed by atoms with Crippen molar-refractivity contribution in [3.63, 3.8) is 0 Å². The Morgan fingerprint density at radius 1 is 0.658 bits per heavy atom. The van der Waals surface area contributed by atoms with E-state index in [2.05, 4.69) is 134 Å². The van der Waals surface area contributed by atoms with Gasteiger partial charge >= 0.3 is 0 Å². The smallest absolute Gasteiger partial charge is 0.132 e. The van der Waals surface area contributed by atoms with Gasteiger partial charge in [0, 0.05) is 22.1 Å². The highest BCUT2D eigenvalue weighted by Gasteiger charge is 2.59. The Bertz CT molecular complexity index is 1600. The van der Waals surface area contributed by atoms with Crippen LogP contribution < -0.4 is 0 Å². The molecule has 0 N–H and O–H groups in total. The third-order valence-corrected chi connectivity index (χ3v) is 8.40. The van der Waals surface area contributed by atoms with Gasteiger partial charge in [-0.15, -0.1) is 0 Å². The molecule has 1 aliphatic carbocycles. The van der Waals surface area contributed by atoms with Crippen LogP contribution in [0.25, 0.3) is 11.3 Å². The van der Waals surface area contributed by atoms with Gasteiger partial charge in [-0.25, -0.2) is 0 Å². The van der Waals surface area contributed by atoms with E-state index in [1.807, 2.05) is 6.07 Å². The molecule has 5 aromatic rings. The first kappa shape index (κ1) is 23.1. The lowest BCUT2D eigenvalue weighted by Crippen LogP contribution is -2.37. The second kappa shape index (κ2) is 9.04. The van der Waals surface area contributed by atoms with E-state index >= 15 is 0 Å². The Kier molecular flexibility index (Phi) is 5.49. The number of aryl methyl sites for hydroxylation is 1. The molecule has 184 valence electrons. The topological polar surface area (TPSA) is 9.23 Å². The summed E-state index contributed by atoms with van der Waals surface area (Å²) >= 11 is 6.76. The molecule has 0 fully saturated rings. The van der Waals surface area contributed by atoms with Gasteiger partial charge in [0.05, 0.1) is 5.41 Å². The molecule has 0 amide bonds. The molecule has 2 unspecified atom stereocenters. The van der Waals surface area contributed by atoms with E-state index in [-0.39, 0.29) is 12.0 Å². The maximum atomic E-state index is 7.07. The first-order chi connectivity index (χ1) is 18.7. The fraction of sp³-hybridized carbons (Fsp3) is 0.111. The van der Waals surface area contributed by atoms with E-state index in [1.54, 1.807) is 0 Å². The third kappa shape index (κ3) is 3.39. The number of ether oxygens (including phenoxy) is 1. The van der Waals surface area contributed by atoms with E-state index in [1.165, 1.54) is 39.0 Å². The molecule has 1 aliphatic heterocycles. The summed E-state index contributed by atoms with van der Waals surface area (Å²) in [7, 11) is 0. The zero-order valence-corrected chi connectivity index (χ0v) is 21.9. The second-order valence-corrected chi connectivity index (χ2v) is 10.7. The van der Waals surface area contributed by atoms with Crippen LogP contribution in [0.3, 0.4) is 0 Å². The molecule has 5 aromatic carbocycles. The minimum Gasteiger partial charge on any atom is -0.484 e. The largest absolute Gasteiger partial charge is 0.484 e. The van der Waals surface area contributed by atoms with Crippen molar-refractivity contribution >= 4 is 22.9 Å². The van der Waals surface area contributed by atoms with Crippen LogP contribution in [-0.2, 0) is 10.2 Å². The Morgan fingerprint density at radius 3 is 1.84 bits per heavy atom. The molecule has 2 heteroatoms. The predicted octanol–water partition coefficient (Wildman–Crippen LogP) is 9.25. The first-order valence-corrected chi connectivity index (χ1v) is 13.5. The summed E-state index contributed by atoms with van der Waals surface area (Å²) in [5.74, 6) is 0.973. The monoisotopic (exact) mass is 510 g/mol. The highest BCUT2D eigenvalue weighted by molar-refractivity contribution is 6.30. The standard InChI is InChI=1S/C36H27ClO/c1-24-17-19-26(20-18-24)34-32-30-22-21-29(37)23-31(30)36(27-13-7-3-8-14-27,28-15-9-4-10-16-28)33(32)35(38-34)25-11-5-2-6-12-25/h2-23,33,35H,1H3. The van der Waals surface area contributed by atoms with Crippen molar-refractivity contribution in [1.29, 1.82) is 0 Å². The molecule has 38 heavy (non-hydrogen) atoms. The molecule has 0 aromatic heterocycles. The van der Waals surface area contributed by atoms with Crippen molar-refractivity contribution in [1.82, 2.24) is 0 Å². The van der Waals surface area contributed by atoms with Gasteiger partial charge in [-0.05, 0) is 46.9 Å². The van der Waals surface area contributed by atoms with Crippen LogP contribution >= 0.6 is 11.6 Å². The lowest BCUT2D eigenvalue weighted by Gasteiger charge is -2.39. The van der Waals surface area contributed by atoms with Crippen molar-refractivity contribution in [2.45, 2.75) is 18.4 Å². The predicted molar refractivity (Wildman–Crippen MR) is 156 cm³/mol. The summed E-state index contributed by atoms with van der Waals surface area (Å²) in [6.07, 6.45) is -0.172. The van der Waals surface area contributed by atoms with Gasteiger partial charge in [0.2, 0.25) is 0 Å². The number of hydrogen-bond acceptors (Lipinski definition) is 1. The zero-order chi connectivity index (χ0) is 25.7. The van der Waals surface area contributed by atoms with E-state index in [0.717, 1.165) is 16.3 Å².